The van der Waals surface area contributed by atoms with Crippen LogP contribution in [0, 0.1) is 5.82 Å². The van der Waals surface area contributed by atoms with Crippen LogP contribution in [-0.4, -0.2) is 28.0 Å². The first kappa shape index (κ1) is 30.0. The van der Waals surface area contributed by atoms with Crippen LogP contribution in [0.3, 0.4) is 0 Å². The normalized spacial score (nSPS) is 13.1. The molecule has 2 aromatic heterocycles. The third kappa shape index (κ3) is 5.04. The molecule has 0 aliphatic carbocycles. The lowest BCUT2D eigenvalue weighted by Crippen LogP contribution is -2.50. The maximum absolute atomic E-state index is 15.3. The van der Waals surface area contributed by atoms with E-state index in [1.54, 1.807) is 5.32 Å². The predicted molar refractivity (Wildman–Crippen MR) is 122 cm³/mol. The van der Waals surface area contributed by atoms with Gasteiger partial charge < -0.3 is 9.84 Å². The van der Waals surface area contributed by atoms with Crippen LogP contribution < -0.4 is 10.9 Å². The molecule has 0 aliphatic heterocycles. The van der Waals surface area contributed by atoms with Crippen LogP contribution in [0.2, 0.25) is 0 Å². The molecule has 1 amide bonds. The van der Waals surface area contributed by atoms with Crippen molar-refractivity contribution in [3.8, 4) is 5.69 Å². The Morgan fingerprint density at radius 1 is 0.927 bits per heavy atom. The highest BCUT2D eigenvalue weighted by Crippen LogP contribution is 2.55. The van der Waals surface area contributed by atoms with E-state index in [-0.39, 0.29) is 17.2 Å². The second-order valence-corrected chi connectivity index (χ2v) is 9.03. The van der Waals surface area contributed by atoms with Crippen molar-refractivity contribution >= 4 is 38.6 Å². The first-order chi connectivity index (χ1) is 18.8. The highest BCUT2D eigenvalue weighted by Gasteiger charge is 2.73. The molecule has 6 nitrogen and oxygen atoms in total. The van der Waals surface area contributed by atoms with Gasteiger partial charge in [-0.2, -0.15) is 39.5 Å². The minimum Gasteiger partial charge on any atom is -0.350 e. The van der Waals surface area contributed by atoms with Crippen molar-refractivity contribution in [3.63, 3.8) is 0 Å². The number of pyridine rings is 1. The number of halogens is 12. The smallest absolute Gasteiger partial charge is 0.350 e. The molecule has 1 N–H and O–H groups in total. The average molecular weight is 664 g/mol. The van der Waals surface area contributed by atoms with Crippen molar-refractivity contribution in [2.24, 2.45) is 0 Å². The van der Waals surface area contributed by atoms with Gasteiger partial charge in [-0.3, -0.25) is 9.59 Å². The van der Waals surface area contributed by atoms with Gasteiger partial charge in [0.05, 0.1) is 16.8 Å². The highest BCUT2D eigenvalue weighted by atomic mass is 79.9. The average Bonchev–Trinajstić information content (AvgIpc) is 3.18. The fourth-order valence-electron chi connectivity index (χ4n) is 3.70. The van der Waals surface area contributed by atoms with E-state index in [2.05, 4.69) is 20.9 Å². The number of hydrogen-bond donors (Lipinski definition) is 1. The Morgan fingerprint density at radius 2 is 1.56 bits per heavy atom. The predicted octanol–water partition coefficient (Wildman–Crippen LogP) is 7.44. The van der Waals surface area contributed by atoms with Crippen molar-refractivity contribution in [1.29, 1.82) is 0 Å². The maximum Gasteiger partial charge on any atom is 0.435 e. The van der Waals surface area contributed by atoms with Crippen molar-refractivity contribution < 1.29 is 57.6 Å². The van der Waals surface area contributed by atoms with E-state index >= 15 is 4.39 Å². The van der Waals surface area contributed by atoms with Crippen molar-refractivity contribution in [1.82, 2.24) is 9.72 Å². The van der Waals surface area contributed by atoms with Crippen LogP contribution >= 0.6 is 15.9 Å². The second kappa shape index (κ2) is 9.85. The topological polar surface area (TPSA) is 77.1 Å². The number of aromatic nitrogens is 2. The Bertz CT molecular complexity index is 1710. The Balaban J connectivity index is 1.82. The molecule has 218 valence electrons. The molecule has 2 heterocycles. The highest BCUT2D eigenvalue weighted by molar-refractivity contribution is 9.10. The van der Waals surface area contributed by atoms with Gasteiger partial charge in [0.15, 0.2) is 5.82 Å². The fourth-order valence-corrected chi connectivity index (χ4v) is 4.26. The molecule has 0 unspecified atom stereocenters. The van der Waals surface area contributed by atoms with Gasteiger partial charge >= 0.3 is 24.2 Å². The minimum absolute atomic E-state index is 0.0951. The number of nitrogens with one attached hydrogen (secondary N) is 1. The lowest BCUT2D eigenvalue weighted by molar-refractivity contribution is -0.348. The lowest BCUT2D eigenvalue weighted by atomic mass is 9.92. The number of anilines is 1. The van der Waals surface area contributed by atoms with E-state index in [4.69, 9.17) is 4.52 Å². The van der Waals surface area contributed by atoms with Gasteiger partial charge in [-0.1, -0.05) is 6.07 Å². The van der Waals surface area contributed by atoms with Gasteiger partial charge in [0, 0.05) is 16.2 Å². The van der Waals surface area contributed by atoms with Crippen LogP contribution in [0.1, 0.15) is 21.5 Å². The van der Waals surface area contributed by atoms with Crippen molar-refractivity contribution in [2.75, 3.05) is 5.32 Å². The molecule has 0 fully saturated rings. The summed E-state index contributed by atoms with van der Waals surface area (Å²) in [5.74, 6) is -3.19. The van der Waals surface area contributed by atoms with Gasteiger partial charge in [0.25, 0.3) is 17.2 Å². The quantitative estimate of drug-likeness (QED) is 0.230. The van der Waals surface area contributed by atoms with Crippen LogP contribution in [0.25, 0.3) is 16.8 Å². The zero-order chi connectivity index (χ0) is 30.7. The lowest BCUT2D eigenvalue weighted by Gasteiger charge is -2.31. The number of benzene rings is 2. The zero-order valence-electron chi connectivity index (χ0n) is 19.3. The van der Waals surface area contributed by atoms with Gasteiger partial charge in [0.1, 0.15) is 11.1 Å². The minimum atomic E-state index is -6.73. The molecule has 0 spiro atoms. The molecule has 0 aliphatic rings. The Morgan fingerprint density at radius 3 is 2.12 bits per heavy atom. The number of amides is 1. The maximum atomic E-state index is 15.3. The number of fused-ring (bicyclic) bond motifs is 1. The molecule has 4 aromatic rings. The van der Waals surface area contributed by atoms with Crippen LogP contribution in [0.4, 0.5) is 54.0 Å². The first-order valence-electron chi connectivity index (χ1n) is 10.6. The monoisotopic (exact) mass is 663 g/mol. The summed E-state index contributed by atoms with van der Waals surface area (Å²) in [6, 6.07) is 4.32. The molecule has 41 heavy (non-hydrogen) atoms. The molecule has 4 rings (SSSR count). The summed E-state index contributed by atoms with van der Waals surface area (Å²) in [5.41, 5.74) is -15.3. The van der Waals surface area contributed by atoms with E-state index in [1.807, 2.05) is 0 Å². The third-order valence-corrected chi connectivity index (χ3v) is 6.24. The Kier molecular flexibility index (Phi) is 7.21. The third-order valence-electron chi connectivity index (χ3n) is 5.62. The summed E-state index contributed by atoms with van der Waals surface area (Å²) in [6.45, 7) is 0. The summed E-state index contributed by atoms with van der Waals surface area (Å²) >= 11 is 2.34. The van der Waals surface area contributed by atoms with E-state index in [1.165, 1.54) is 18.3 Å². The molecular formula is C23H9BrF11N3O3. The van der Waals surface area contributed by atoms with Gasteiger partial charge in [-0.15, -0.1) is 4.74 Å². The number of rotatable bonds is 4. The van der Waals surface area contributed by atoms with Crippen LogP contribution in [-0.2, 0) is 11.8 Å². The molecule has 0 saturated carbocycles. The van der Waals surface area contributed by atoms with E-state index < -0.39 is 80.1 Å². The molecule has 2 aromatic carbocycles. The van der Waals surface area contributed by atoms with Gasteiger partial charge in [0.2, 0.25) is 0 Å². The number of carbonyl (C=O) groups is 1. The van der Waals surface area contributed by atoms with Crippen LogP contribution in [0.5, 0.6) is 0 Å². The summed E-state index contributed by atoms with van der Waals surface area (Å²) in [4.78, 5) is 29.1. The van der Waals surface area contributed by atoms with E-state index in [9.17, 15) is 53.5 Å². The Hall–Kier alpha value is -3.96. The van der Waals surface area contributed by atoms with E-state index in [0.29, 0.717) is 4.74 Å². The van der Waals surface area contributed by atoms with Gasteiger partial charge in [-0.25, -0.2) is 13.8 Å². The molecule has 0 atom stereocenters. The second-order valence-electron chi connectivity index (χ2n) is 8.17. The molecule has 0 bridgehead atoms. The standard InChI is InChI=1S/C23H9BrF11N3O3/c24-13-8-9(20(26,22(30,31)32)23(33,34)35)7-12(21(27,28)29)16(13)37-17(39)10-3-1-5-14(15(10)25)38-19(40)11-4-2-6-36-18(11)41-38/h1-8H,(H,37,39). The SMILES string of the molecule is O=C(Nc1c(Br)cc(C(F)(C(F)(F)F)C(F)(F)F)cc1C(F)(F)F)c1cccc(-n2oc3ncccc3c2=O)c1F. The van der Waals surface area contributed by atoms with Gasteiger partial charge in [-0.05, 0) is 52.3 Å². The molecule has 0 radical (unpaired) electrons. The summed E-state index contributed by atoms with van der Waals surface area (Å²) in [6.07, 6.45) is -18.0. The first-order valence-corrected chi connectivity index (χ1v) is 11.4. The van der Waals surface area contributed by atoms with E-state index in [0.717, 1.165) is 18.2 Å². The van der Waals surface area contributed by atoms with Crippen molar-refractivity contribution in [2.45, 2.75) is 24.2 Å². The number of nitrogens with zero attached hydrogens (tertiary/aromatic N) is 2. The largest absolute Gasteiger partial charge is 0.435 e. The van der Waals surface area contributed by atoms with Crippen molar-refractivity contribution in [3.05, 3.63) is 86.0 Å². The summed E-state index contributed by atoms with van der Waals surface area (Å²) in [5, 5.41) is 1.46. The summed E-state index contributed by atoms with van der Waals surface area (Å²) < 4.78 is 154. The van der Waals surface area contributed by atoms with Crippen LogP contribution in [0.15, 0.2) is 62.5 Å². The summed E-state index contributed by atoms with van der Waals surface area (Å²) in [7, 11) is 0. The number of hydrogen-bond acceptors (Lipinski definition) is 4. The fraction of sp³-hybridized carbons (Fsp3) is 0.174. The Labute approximate surface area is 227 Å². The molecule has 0 saturated heterocycles. The molecular weight excluding hydrogens is 655 g/mol. The molecule has 18 heteroatoms. The number of carbonyl (C=O) groups excluding carboxylic acids is 1. The zero-order valence-corrected chi connectivity index (χ0v) is 20.9. The number of alkyl halides is 10.